The molecule has 0 spiro atoms. The van der Waals surface area contributed by atoms with Crippen LogP contribution in [0.5, 0.6) is 0 Å². The molecule has 0 atom stereocenters. The summed E-state index contributed by atoms with van der Waals surface area (Å²) in [5, 5.41) is 1.80. The van der Waals surface area contributed by atoms with Crippen molar-refractivity contribution >= 4 is 30.2 Å². The maximum absolute atomic E-state index is 13.4. The van der Waals surface area contributed by atoms with Gasteiger partial charge in [0.2, 0.25) is 0 Å². The molecule has 0 radical (unpaired) electrons. The Morgan fingerprint density at radius 2 is 1.77 bits per heavy atom. The molecular formula is C11H9FSe. The molecule has 2 aromatic rings. The van der Waals surface area contributed by atoms with Crippen molar-refractivity contribution in [1.29, 1.82) is 0 Å². The van der Waals surface area contributed by atoms with Crippen molar-refractivity contribution in [2.75, 3.05) is 0 Å². The molecule has 0 saturated carbocycles. The van der Waals surface area contributed by atoms with Crippen molar-refractivity contribution in [3.8, 4) is 0 Å². The van der Waals surface area contributed by atoms with Crippen LogP contribution in [0.4, 0.5) is 4.39 Å². The molecule has 2 rings (SSSR count). The normalized spacial score (nSPS) is 10.6. The Hall–Kier alpha value is -0.851. The second kappa shape index (κ2) is 3.49. The predicted octanol–water partition coefficient (Wildman–Crippen LogP) is 2.36. The number of fused-ring (bicyclic) bond motifs is 1. The molecular weight excluding hydrogens is 230 g/mol. The molecule has 0 amide bonds. The van der Waals surface area contributed by atoms with E-state index in [2.05, 4.69) is 5.82 Å². The fraction of sp³-hybridized carbons (Fsp3) is 0.0909. The Morgan fingerprint density at radius 1 is 1.08 bits per heavy atom. The van der Waals surface area contributed by atoms with Crippen molar-refractivity contribution in [2.45, 2.75) is 5.82 Å². The maximum atomic E-state index is 13.4. The summed E-state index contributed by atoms with van der Waals surface area (Å²) in [6.07, 6.45) is 0. The van der Waals surface area contributed by atoms with E-state index in [4.69, 9.17) is 0 Å². The molecule has 0 heterocycles. The van der Waals surface area contributed by atoms with E-state index in [1.54, 1.807) is 6.07 Å². The third-order valence-electron chi connectivity index (χ3n) is 2.04. The zero-order chi connectivity index (χ0) is 9.26. The first-order valence-electron chi connectivity index (χ1n) is 4.04. The average molecular weight is 239 g/mol. The molecule has 0 aromatic heterocycles. The molecule has 0 aliphatic rings. The molecule has 2 heteroatoms. The van der Waals surface area contributed by atoms with Crippen LogP contribution in [-0.2, 0) is 0 Å². The summed E-state index contributed by atoms with van der Waals surface area (Å²) in [4.78, 5) is 0. The third kappa shape index (κ3) is 1.48. The fourth-order valence-electron chi connectivity index (χ4n) is 1.43. The quantitative estimate of drug-likeness (QED) is 0.670. The van der Waals surface area contributed by atoms with Gasteiger partial charge in [0.1, 0.15) is 0 Å². The van der Waals surface area contributed by atoms with Gasteiger partial charge in [-0.15, -0.1) is 0 Å². The summed E-state index contributed by atoms with van der Waals surface area (Å²) in [6, 6.07) is 11.2. The molecule has 0 N–H and O–H groups in total. The van der Waals surface area contributed by atoms with Gasteiger partial charge in [-0.1, -0.05) is 0 Å². The van der Waals surface area contributed by atoms with Crippen LogP contribution in [0.1, 0.15) is 0 Å². The Morgan fingerprint density at radius 3 is 2.46 bits per heavy atom. The number of benzene rings is 2. The number of hydrogen-bond donors (Lipinski definition) is 0. The van der Waals surface area contributed by atoms with Gasteiger partial charge in [0.05, 0.1) is 0 Å². The van der Waals surface area contributed by atoms with Crippen LogP contribution < -0.4 is 4.46 Å². The minimum atomic E-state index is -0.100. The summed E-state index contributed by atoms with van der Waals surface area (Å²) in [5.41, 5.74) is 0. The Labute approximate surface area is 82.9 Å². The third-order valence-corrected chi connectivity index (χ3v) is 3.67. The van der Waals surface area contributed by atoms with E-state index in [0.717, 1.165) is 15.2 Å². The van der Waals surface area contributed by atoms with Crippen LogP contribution in [0.25, 0.3) is 10.8 Å². The van der Waals surface area contributed by atoms with E-state index < -0.39 is 0 Å². The summed E-state index contributed by atoms with van der Waals surface area (Å²) < 4.78 is 14.6. The van der Waals surface area contributed by atoms with Crippen molar-refractivity contribution in [2.24, 2.45) is 0 Å². The van der Waals surface area contributed by atoms with Crippen LogP contribution in [-0.4, -0.2) is 15.0 Å². The SMILES string of the molecule is C[Se]c1cccc2cccc(F)c12. The fourth-order valence-corrected chi connectivity index (χ4v) is 2.76. The van der Waals surface area contributed by atoms with Gasteiger partial charge >= 0.3 is 82.6 Å². The predicted molar refractivity (Wildman–Crippen MR) is 55.2 cm³/mol. The van der Waals surface area contributed by atoms with E-state index in [1.807, 2.05) is 24.3 Å². The summed E-state index contributed by atoms with van der Waals surface area (Å²) in [6.45, 7) is 0. The molecule has 0 fully saturated rings. The molecule has 66 valence electrons. The van der Waals surface area contributed by atoms with Crippen LogP contribution in [0.3, 0.4) is 0 Å². The molecule has 13 heavy (non-hydrogen) atoms. The van der Waals surface area contributed by atoms with Crippen LogP contribution in [0, 0.1) is 5.82 Å². The summed E-state index contributed by atoms with van der Waals surface area (Å²) in [5.74, 6) is 2.01. The van der Waals surface area contributed by atoms with Gasteiger partial charge in [-0.05, 0) is 0 Å². The summed E-state index contributed by atoms with van der Waals surface area (Å²) in [7, 11) is 0. The van der Waals surface area contributed by atoms with Crippen molar-refractivity contribution in [1.82, 2.24) is 0 Å². The van der Waals surface area contributed by atoms with E-state index in [-0.39, 0.29) is 5.82 Å². The van der Waals surface area contributed by atoms with Crippen LogP contribution in [0.15, 0.2) is 36.4 Å². The Balaban J connectivity index is 2.87. The first kappa shape index (κ1) is 8.73. The van der Waals surface area contributed by atoms with Gasteiger partial charge < -0.3 is 0 Å². The van der Waals surface area contributed by atoms with Crippen molar-refractivity contribution in [3.63, 3.8) is 0 Å². The zero-order valence-corrected chi connectivity index (χ0v) is 8.96. The molecule has 0 aliphatic heterocycles. The number of halogens is 1. The number of hydrogen-bond acceptors (Lipinski definition) is 0. The van der Waals surface area contributed by atoms with E-state index in [0.29, 0.717) is 15.0 Å². The second-order valence-electron chi connectivity index (χ2n) is 2.80. The zero-order valence-electron chi connectivity index (χ0n) is 7.25. The first-order valence-corrected chi connectivity index (χ1v) is 6.61. The average Bonchev–Trinajstić information content (AvgIpc) is 2.17. The van der Waals surface area contributed by atoms with Gasteiger partial charge in [-0.25, -0.2) is 0 Å². The van der Waals surface area contributed by atoms with Crippen molar-refractivity contribution in [3.05, 3.63) is 42.2 Å². The van der Waals surface area contributed by atoms with Gasteiger partial charge in [0, 0.05) is 0 Å². The van der Waals surface area contributed by atoms with Crippen LogP contribution in [0.2, 0.25) is 5.82 Å². The van der Waals surface area contributed by atoms with Gasteiger partial charge in [0.25, 0.3) is 0 Å². The topological polar surface area (TPSA) is 0 Å². The first-order chi connectivity index (χ1) is 6.33. The molecule has 0 aliphatic carbocycles. The Bertz CT molecular complexity index is 432. The molecule has 0 nitrogen and oxygen atoms in total. The molecule has 0 bridgehead atoms. The minimum absolute atomic E-state index is 0.100. The Kier molecular flexibility index (Phi) is 2.34. The van der Waals surface area contributed by atoms with Gasteiger partial charge in [-0.2, -0.15) is 0 Å². The van der Waals surface area contributed by atoms with Gasteiger partial charge in [0.15, 0.2) is 0 Å². The van der Waals surface area contributed by atoms with E-state index in [9.17, 15) is 4.39 Å². The van der Waals surface area contributed by atoms with Gasteiger partial charge in [-0.3, -0.25) is 0 Å². The standard InChI is InChI=1S/C11H9FSe/c1-13-10-7-3-5-8-4-2-6-9(12)11(8)10/h2-7H,1H3. The number of rotatable bonds is 1. The second-order valence-corrected chi connectivity index (χ2v) is 4.58. The molecule has 0 saturated heterocycles. The van der Waals surface area contributed by atoms with E-state index in [1.165, 1.54) is 6.07 Å². The van der Waals surface area contributed by atoms with E-state index >= 15 is 0 Å². The summed E-state index contributed by atoms with van der Waals surface area (Å²) >= 11 is 0.349. The monoisotopic (exact) mass is 240 g/mol. The van der Waals surface area contributed by atoms with Crippen LogP contribution >= 0.6 is 0 Å². The molecule has 0 unspecified atom stereocenters. The molecule has 2 aromatic carbocycles. The van der Waals surface area contributed by atoms with Crippen molar-refractivity contribution < 1.29 is 4.39 Å².